The number of ether oxygens (including phenoxy) is 1. The second kappa shape index (κ2) is 9.03. The van der Waals surface area contributed by atoms with Crippen molar-refractivity contribution in [2.24, 2.45) is 0 Å². The normalized spacial score (nSPS) is 18.6. The Balaban J connectivity index is 1.68. The Labute approximate surface area is 198 Å². The lowest BCUT2D eigenvalue weighted by Crippen LogP contribution is -2.47. The Morgan fingerprint density at radius 3 is 2.77 bits per heavy atom. The van der Waals surface area contributed by atoms with Gasteiger partial charge in [-0.05, 0) is 64.8 Å². The molecule has 1 amide bonds. The van der Waals surface area contributed by atoms with Crippen molar-refractivity contribution in [1.82, 2.24) is 4.90 Å². The third-order valence-electron chi connectivity index (χ3n) is 5.24. The quantitative estimate of drug-likeness (QED) is 0.580. The van der Waals surface area contributed by atoms with Crippen LogP contribution in [0, 0.1) is 11.3 Å². The summed E-state index contributed by atoms with van der Waals surface area (Å²) >= 11 is 10.8. The van der Waals surface area contributed by atoms with Gasteiger partial charge in [-0.15, -0.1) is 0 Å². The van der Waals surface area contributed by atoms with Crippen LogP contribution in [0.5, 0.6) is 11.5 Å². The SMILES string of the molecule is CCOc1cc([C@@H]2CC(=O)N3CN(c4ccc(Cl)cc4)CSC3=C2C#N)cc(Br)c1O. The second-order valence-corrected chi connectivity index (χ2v) is 9.35. The fraction of sp³-hybridized carbons (Fsp3) is 0.273. The van der Waals surface area contributed by atoms with Crippen LogP contribution in [0.15, 0.2) is 51.5 Å². The van der Waals surface area contributed by atoms with Gasteiger partial charge in [-0.25, -0.2) is 0 Å². The second-order valence-electron chi connectivity index (χ2n) is 7.12. The zero-order valence-corrected chi connectivity index (χ0v) is 19.8. The maximum Gasteiger partial charge on any atom is 0.229 e. The molecule has 31 heavy (non-hydrogen) atoms. The first-order valence-corrected chi connectivity index (χ1v) is 11.8. The van der Waals surface area contributed by atoms with Crippen molar-refractivity contribution in [2.45, 2.75) is 19.3 Å². The Bertz CT molecular complexity index is 1100. The number of nitrogens with zero attached hydrogens (tertiary/aromatic N) is 3. The molecule has 0 saturated carbocycles. The number of phenolic OH excluding ortho intramolecular Hbond substituents is 1. The first kappa shape index (κ1) is 21.9. The highest BCUT2D eigenvalue weighted by atomic mass is 79.9. The van der Waals surface area contributed by atoms with E-state index < -0.39 is 5.92 Å². The molecule has 0 bridgehead atoms. The van der Waals surface area contributed by atoms with Crippen molar-refractivity contribution in [3.05, 3.63) is 62.1 Å². The van der Waals surface area contributed by atoms with Crippen LogP contribution in [0.2, 0.25) is 5.02 Å². The van der Waals surface area contributed by atoms with Gasteiger partial charge in [0, 0.05) is 23.0 Å². The van der Waals surface area contributed by atoms with Gasteiger partial charge in [0.25, 0.3) is 0 Å². The molecule has 1 fully saturated rings. The number of hydrogen-bond donors (Lipinski definition) is 1. The lowest BCUT2D eigenvalue weighted by molar-refractivity contribution is -0.129. The first-order chi connectivity index (χ1) is 14.9. The lowest BCUT2D eigenvalue weighted by Gasteiger charge is -2.42. The van der Waals surface area contributed by atoms with Crippen LogP contribution < -0.4 is 9.64 Å². The molecule has 1 atom stereocenters. The predicted octanol–water partition coefficient (Wildman–Crippen LogP) is 5.43. The number of amides is 1. The summed E-state index contributed by atoms with van der Waals surface area (Å²) in [6.45, 7) is 2.60. The molecule has 0 spiro atoms. The van der Waals surface area contributed by atoms with Crippen LogP contribution in [-0.4, -0.2) is 35.1 Å². The summed E-state index contributed by atoms with van der Waals surface area (Å²) in [7, 11) is 0. The van der Waals surface area contributed by atoms with Gasteiger partial charge >= 0.3 is 0 Å². The van der Waals surface area contributed by atoms with Gasteiger partial charge in [-0.3, -0.25) is 9.69 Å². The third kappa shape index (κ3) is 4.22. The molecule has 2 aliphatic heterocycles. The Morgan fingerprint density at radius 1 is 1.35 bits per heavy atom. The molecule has 0 radical (unpaired) electrons. The molecule has 1 N–H and O–H groups in total. The molecule has 0 aliphatic carbocycles. The molecule has 2 aromatic rings. The Morgan fingerprint density at radius 2 is 2.10 bits per heavy atom. The molecule has 160 valence electrons. The number of benzene rings is 2. The monoisotopic (exact) mass is 519 g/mol. The minimum absolute atomic E-state index is 0.00571. The Hall–Kier alpha value is -2.34. The van der Waals surface area contributed by atoms with E-state index in [9.17, 15) is 15.2 Å². The number of halogens is 2. The highest BCUT2D eigenvalue weighted by Crippen LogP contribution is 2.46. The van der Waals surface area contributed by atoms with Gasteiger partial charge in [0.1, 0.15) is 0 Å². The highest BCUT2D eigenvalue weighted by Gasteiger charge is 2.38. The van der Waals surface area contributed by atoms with E-state index >= 15 is 0 Å². The Kier molecular flexibility index (Phi) is 6.37. The summed E-state index contributed by atoms with van der Waals surface area (Å²) in [5.41, 5.74) is 2.28. The first-order valence-electron chi connectivity index (χ1n) is 9.66. The molecule has 4 rings (SSSR count). The van der Waals surface area contributed by atoms with E-state index in [1.165, 1.54) is 11.8 Å². The zero-order valence-electron chi connectivity index (χ0n) is 16.6. The summed E-state index contributed by atoms with van der Waals surface area (Å²) in [4.78, 5) is 16.8. The van der Waals surface area contributed by atoms with Gasteiger partial charge in [-0.2, -0.15) is 5.26 Å². The van der Waals surface area contributed by atoms with Gasteiger partial charge < -0.3 is 14.7 Å². The number of thioether (sulfide) groups is 1. The fourth-order valence-electron chi connectivity index (χ4n) is 3.72. The summed E-state index contributed by atoms with van der Waals surface area (Å²) in [5, 5.41) is 21.6. The van der Waals surface area contributed by atoms with Crippen molar-refractivity contribution in [3.8, 4) is 17.6 Å². The van der Waals surface area contributed by atoms with E-state index in [-0.39, 0.29) is 18.1 Å². The number of rotatable bonds is 4. The van der Waals surface area contributed by atoms with E-state index in [0.29, 0.717) is 45.0 Å². The molecular formula is C22H19BrClN3O3S. The van der Waals surface area contributed by atoms with Crippen LogP contribution in [0.1, 0.15) is 24.8 Å². The number of aromatic hydroxyl groups is 1. The number of fused-ring (bicyclic) bond motifs is 1. The average Bonchev–Trinajstić information content (AvgIpc) is 2.77. The number of anilines is 1. The van der Waals surface area contributed by atoms with Crippen LogP contribution in [0.4, 0.5) is 5.69 Å². The van der Waals surface area contributed by atoms with Crippen LogP contribution in [0.25, 0.3) is 0 Å². The van der Waals surface area contributed by atoms with Crippen molar-refractivity contribution in [3.63, 3.8) is 0 Å². The van der Waals surface area contributed by atoms with E-state index in [4.69, 9.17) is 16.3 Å². The van der Waals surface area contributed by atoms with E-state index in [0.717, 1.165) is 11.3 Å². The van der Waals surface area contributed by atoms with Crippen LogP contribution >= 0.6 is 39.3 Å². The number of nitriles is 1. The lowest BCUT2D eigenvalue weighted by atomic mass is 9.86. The van der Waals surface area contributed by atoms with Crippen LogP contribution in [-0.2, 0) is 4.79 Å². The van der Waals surface area contributed by atoms with Gasteiger partial charge in [0.15, 0.2) is 11.5 Å². The fourth-order valence-corrected chi connectivity index (χ4v) is 5.48. The van der Waals surface area contributed by atoms with E-state index in [1.807, 2.05) is 31.2 Å². The molecule has 0 unspecified atom stereocenters. The van der Waals surface area contributed by atoms with Crippen LogP contribution in [0.3, 0.4) is 0 Å². The molecule has 2 aliphatic rings. The highest BCUT2D eigenvalue weighted by molar-refractivity contribution is 9.10. The maximum atomic E-state index is 13.1. The molecule has 1 saturated heterocycles. The van der Waals surface area contributed by atoms with Crippen molar-refractivity contribution >= 4 is 50.9 Å². The van der Waals surface area contributed by atoms with E-state index in [2.05, 4.69) is 26.9 Å². The van der Waals surface area contributed by atoms with Crippen molar-refractivity contribution in [2.75, 3.05) is 24.1 Å². The minimum Gasteiger partial charge on any atom is -0.503 e. The molecule has 0 aromatic heterocycles. The van der Waals surface area contributed by atoms with E-state index in [1.54, 1.807) is 17.0 Å². The summed E-state index contributed by atoms with van der Waals surface area (Å²) < 4.78 is 6.00. The standard InChI is InChI=1S/C22H19BrClN3O3S/c1-2-30-19-8-13(7-18(23)21(19)29)16-9-20(28)27-11-26(12-31-22(27)17(16)10-25)15-5-3-14(24)4-6-15/h3-8,16,29H,2,9,11-12H2,1H3/t16-/m0/s1. The topological polar surface area (TPSA) is 76.8 Å². The van der Waals surface area contributed by atoms with Gasteiger partial charge in [0.2, 0.25) is 5.91 Å². The maximum absolute atomic E-state index is 13.1. The number of carbonyl (C=O) groups is 1. The largest absolute Gasteiger partial charge is 0.503 e. The number of allylic oxidation sites excluding steroid dienone is 1. The van der Waals surface area contributed by atoms with Gasteiger partial charge in [0.05, 0.1) is 40.3 Å². The number of carbonyl (C=O) groups excluding carboxylic acids is 1. The van der Waals surface area contributed by atoms with Crippen molar-refractivity contribution in [1.29, 1.82) is 5.26 Å². The predicted molar refractivity (Wildman–Crippen MR) is 125 cm³/mol. The smallest absolute Gasteiger partial charge is 0.229 e. The number of phenols is 1. The summed E-state index contributed by atoms with van der Waals surface area (Å²) in [6.07, 6.45) is 0.171. The molecule has 9 heteroatoms. The molecule has 2 aromatic carbocycles. The zero-order chi connectivity index (χ0) is 22.1. The molecule has 2 heterocycles. The third-order valence-corrected chi connectivity index (χ3v) is 7.25. The van der Waals surface area contributed by atoms with Crippen molar-refractivity contribution < 1.29 is 14.6 Å². The summed E-state index contributed by atoms with van der Waals surface area (Å²) in [5.74, 6) is 0.504. The summed E-state index contributed by atoms with van der Waals surface area (Å²) in [6, 6.07) is 13.3. The molecular weight excluding hydrogens is 502 g/mol. The minimum atomic E-state index is -0.394. The average molecular weight is 521 g/mol. The van der Waals surface area contributed by atoms with Gasteiger partial charge in [-0.1, -0.05) is 23.4 Å². The number of hydrogen-bond acceptors (Lipinski definition) is 6. The molecule has 6 nitrogen and oxygen atoms in total.